The third-order valence-electron chi connectivity index (χ3n) is 2.10. The van der Waals surface area contributed by atoms with Crippen LogP contribution in [0.2, 0.25) is 0 Å². The number of likely N-dealkylation sites (tertiary alicyclic amines) is 1. The van der Waals surface area contributed by atoms with Crippen LogP contribution in [0.4, 0.5) is 0 Å². The van der Waals surface area contributed by atoms with Crippen molar-refractivity contribution in [2.24, 2.45) is 0 Å². The minimum absolute atomic E-state index is 0.0266. The summed E-state index contributed by atoms with van der Waals surface area (Å²) >= 11 is 3.31. The molecule has 0 saturated carbocycles. The largest absolute Gasteiger partial charge is 0.337 e. The van der Waals surface area contributed by atoms with Crippen LogP contribution in [0, 0.1) is 0 Å². The van der Waals surface area contributed by atoms with Crippen molar-refractivity contribution in [3.05, 3.63) is 28.5 Å². The average molecular weight is 241 g/mol. The van der Waals surface area contributed by atoms with Gasteiger partial charge in [0.1, 0.15) is 5.69 Å². The molecule has 0 unspecified atom stereocenters. The van der Waals surface area contributed by atoms with Crippen LogP contribution in [0.3, 0.4) is 0 Å². The fourth-order valence-corrected chi connectivity index (χ4v) is 1.64. The van der Waals surface area contributed by atoms with E-state index in [-0.39, 0.29) is 5.91 Å². The Bertz CT molecular complexity index is 336. The zero-order valence-corrected chi connectivity index (χ0v) is 8.62. The van der Waals surface area contributed by atoms with Crippen molar-refractivity contribution in [2.45, 2.75) is 6.42 Å². The van der Waals surface area contributed by atoms with Crippen LogP contribution in [0.1, 0.15) is 16.9 Å². The Morgan fingerprint density at radius 3 is 2.85 bits per heavy atom. The van der Waals surface area contributed by atoms with Gasteiger partial charge in [-0.2, -0.15) is 0 Å². The highest BCUT2D eigenvalue weighted by Crippen LogP contribution is 2.18. The number of aromatic nitrogens is 1. The number of hydrogen-bond acceptors (Lipinski definition) is 2. The number of pyridine rings is 1. The Kier molecular flexibility index (Phi) is 2.31. The number of halogens is 1. The first kappa shape index (κ1) is 8.69. The van der Waals surface area contributed by atoms with Gasteiger partial charge < -0.3 is 4.90 Å². The van der Waals surface area contributed by atoms with Crippen LogP contribution in [0.25, 0.3) is 0 Å². The summed E-state index contributed by atoms with van der Waals surface area (Å²) in [6.45, 7) is 1.73. The lowest BCUT2D eigenvalue weighted by Crippen LogP contribution is -2.42. The predicted molar refractivity (Wildman–Crippen MR) is 52.5 cm³/mol. The van der Waals surface area contributed by atoms with E-state index in [1.807, 2.05) is 6.07 Å². The maximum atomic E-state index is 11.7. The molecule has 0 atom stereocenters. The lowest BCUT2D eigenvalue weighted by Gasteiger charge is -2.30. The normalized spacial score (nSPS) is 15.3. The second kappa shape index (κ2) is 3.46. The molecule has 2 rings (SSSR count). The molecular formula is C9H9BrN2O. The maximum absolute atomic E-state index is 11.7. The molecule has 68 valence electrons. The lowest BCUT2D eigenvalue weighted by atomic mass is 10.2. The first-order valence-corrected chi connectivity index (χ1v) is 4.98. The number of rotatable bonds is 1. The van der Waals surface area contributed by atoms with Crippen LogP contribution >= 0.6 is 15.9 Å². The summed E-state index contributed by atoms with van der Waals surface area (Å²) in [6, 6.07) is 3.64. The second-order valence-electron chi connectivity index (χ2n) is 2.98. The van der Waals surface area contributed by atoms with Crippen LogP contribution in [-0.4, -0.2) is 28.9 Å². The Morgan fingerprint density at radius 2 is 2.31 bits per heavy atom. The van der Waals surface area contributed by atoms with Crippen molar-refractivity contribution in [2.75, 3.05) is 13.1 Å². The molecule has 0 aromatic carbocycles. The standard InChI is InChI=1S/C9H9BrN2O/c10-7-3-1-4-11-8(7)9(13)12-5-2-6-12/h1,3-4H,2,5-6H2. The van der Waals surface area contributed by atoms with Crippen molar-refractivity contribution in [3.8, 4) is 0 Å². The Hall–Kier alpha value is -0.900. The fraction of sp³-hybridized carbons (Fsp3) is 0.333. The van der Waals surface area contributed by atoms with Crippen LogP contribution in [0.15, 0.2) is 22.8 Å². The third kappa shape index (κ3) is 1.58. The molecule has 1 aliphatic rings. The molecule has 0 N–H and O–H groups in total. The summed E-state index contributed by atoms with van der Waals surface area (Å²) in [4.78, 5) is 17.5. The highest BCUT2D eigenvalue weighted by molar-refractivity contribution is 9.10. The zero-order valence-electron chi connectivity index (χ0n) is 7.03. The maximum Gasteiger partial charge on any atom is 0.273 e. The van der Waals surface area contributed by atoms with E-state index in [4.69, 9.17) is 0 Å². The number of hydrogen-bond donors (Lipinski definition) is 0. The van der Waals surface area contributed by atoms with Gasteiger partial charge >= 0.3 is 0 Å². The molecule has 3 nitrogen and oxygen atoms in total. The predicted octanol–water partition coefficient (Wildman–Crippen LogP) is 1.69. The number of carbonyl (C=O) groups excluding carboxylic acids is 1. The zero-order chi connectivity index (χ0) is 9.26. The molecule has 13 heavy (non-hydrogen) atoms. The molecule has 0 bridgehead atoms. The van der Waals surface area contributed by atoms with Crippen LogP contribution < -0.4 is 0 Å². The van der Waals surface area contributed by atoms with Crippen molar-refractivity contribution in [3.63, 3.8) is 0 Å². The smallest absolute Gasteiger partial charge is 0.273 e. The van der Waals surface area contributed by atoms with Crippen molar-refractivity contribution < 1.29 is 4.79 Å². The van der Waals surface area contributed by atoms with Gasteiger partial charge in [0.2, 0.25) is 0 Å². The molecule has 0 spiro atoms. The van der Waals surface area contributed by atoms with Gasteiger partial charge in [0, 0.05) is 23.8 Å². The minimum Gasteiger partial charge on any atom is -0.337 e. The van der Waals surface area contributed by atoms with Crippen LogP contribution in [0.5, 0.6) is 0 Å². The minimum atomic E-state index is 0.0266. The van der Waals surface area contributed by atoms with E-state index in [1.54, 1.807) is 17.2 Å². The Balaban J connectivity index is 2.24. The lowest BCUT2D eigenvalue weighted by molar-refractivity contribution is 0.0644. The highest BCUT2D eigenvalue weighted by Gasteiger charge is 2.23. The van der Waals surface area contributed by atoms with E-state index in [1.165, 1.54) is 0 Å². The first-order valence-electron chi connectivity index (χ1n) is 4.19. The Labute approximate surface area is 84.9 Å². The van der Waals surface area contributed by atoms with Gasteiger partial charge in [-0.15, -0.1) is 0 Å². The molecule has 0 radical (unpaired) electrons. The quantitative estimate of drug-likeness (QED) is 0.749. The van der Waals surface area contributed by atoms with E-state index in [9.17, 15) is 4.79 Å². The van der Waals surface area contributed by atoms with E-state index < -0.39 is 0 Å². The second-order valence-corrected chi connectivity index (χ2v) is 3.83. The number of carbonyl (C=O) groups is 1. The van der Waals surface area contributed by atoms with Gasteiger partial charge in [-0.25, -0.2) is 4.98 Å². The monoisotopic (exact) mass is 240 g/mol. The first-order chi connectivity index (χ1) is 6.29. The van der Waals surface area contributed by atoms with Crippen LogP contribution in [-0.2, 0) is 0 Å². The molecule has 0 aliphatic carbocycles. The average Bonchev–Trinajstić information content (AvgIpc) is 2.01. The van der Waals surface area contributed by atoms with E-state index in [0.29, 0.717) is 5.69 Å². The van der Waals surface area contributed by atoms with Gasteiger partial charge in [0.25, 0.3) is 5.91 Å². The van der Waals surface area contributed by atoms with Gasteiger partial charge in [0.05, 0.1) is 0 Å². The van der Waals surface area contributed by atoms with Crippen molar-refractivity contribution in [1.29, 1.82) is 0 Å². The summed E-state index contributed by atoms with van der Waals surface area (Å²) in [5.74, 6) is 0.0266. The number of nitrogens with zero attached hydrogens (tertiary/aromatic N) is 2. The summed E-state index contributed by atoms with van der Waals surface area (Å²) < 4.78 is 0.770. The molecule has 1 aliphatic heterocycles. The van der Waals surface area contributed by atoms with Gasteiger partial charge in [-0.05, 0) is 34.5 Å². The third-order valence-corrected chi connectivity index (χ3v) is 2.74. The highest BCUT2D eigenvalue weighted by atomic mass is 79.9. The summed E-state index contributed by atoms with van der Waals surface area (Å²) in [6.07, 6.45) is 2.74. The molecule has 1 amide bonds. The van der Waals surface area contributed by atoms with E-state index in [0.717, 1.165) is 24.0 Å². The molecular weight excluding hydrogens is 232 g/mol. The van der Waals surface area contributed by atoms with Gasteiger partial charge in [-0.1, -0.05) is 0 Å². The molecule has 1 aromatic rings. The van der Waals surface area contributed by atoms with Gasteiger partial charge in [-0.3, -0.25) is 4.79 Å². The van der Waals surface area contributed by atoms with Crippen molar-refractivity contribution >= 4 is 21.8 Å². The molecule has 1 aromatic heterocycles. The summed E-state index contributed by atoms with van der Waals surface area (Å²) in [5, 5.41) is 0. The summed E-state index contributed by atoms with van der Waals surface area (Å²) in [7, 11) is 0. The fourth-order valence-electron chi connectivity index (χ4n) is 1.21. The summed E-state index contributed by atoms with van der Waals surface area (Å²) in [5.41, 5.74) is 0.516. The SMILES string of the molecule is O=C(c1ncccc1Br)N1CCC1. The molecule has 2 heterocycles. The molecule has 1 fully saturated rings. The van der Waals surface area contributed by atoms with Gasteiger partial charge in [0.15, 0.2) is 0 Å². The Morgan fingerprint density at radius 1 is 1.54 bits per heavy atom. The molecule has 1 saturated heterocycles. The van der Waals surface area contributed by atoms with Crippen molar-refractivity contribution in [1.82, 2.24) is 9.88 Å². The van der Waals surface area contributed by atoms with E-state index >= 15 is 0 Å². The topological polar surface area (TPSA) is 33.2 Å². The number of amides is 1. The van der Waals surface area contributed by atoms with E-state index in [2.05, 4.69) is 20.9 Å². The molecule has 4 heteroatoms.